The van der Waals surface area contributed by atoms with Crippen molar-refractivity contribution in [1.29, 1.82) is 0 Å². The first-order valence-electron chi connectivity index (χ1n) is 8.21. The summed E-state index contributed by atoms with van der Waals surface area (Å²) >= 11 is 6.09. The minimum absolute atomic E-state index is 0.0448. The van der Waals surface area contributed by atoms with Crippen molar-refractivity contribution < 1.29 is 17.6 Å². The van der Waals surface area contributed by atoms with Gasteiger partial charge in [-0.3, -0.25) is 9.52 Å². The van der Waals surface area contributed by atoms with Crippen LogP contribution in [0.1, 0.15) is 15.9 Å². The highest BCUT2D eigenvalue weighted by atomic mass is 35.5. The molecule has 1 amide bonds. The number of amides is 1. The van der Waals surface area contributed by atoms with E-state index in [4.69, 9.17) is 11.6 Å². The van der Waals surface area contributed by atoms with E-state index < -0.39 is 21.7 Å². The van der Waals surface area contributed by atoms with Crippen molar-refractivity contribution in [2.45, 2.75) is 11.8 Å². The number of hydrogen-bond donors (Lipinski definition) is 2. The van der Waals surface area contributed by atoms with Gasteiger partial charge in [0.15, 0.2) is 0 Å². The molecule has 0 radical (unpaired) electrons. The fourth-order valence-electron chi connectivity index (χ4n) is 2.47. The molecule has 0 aliphatic rings. The molecular formula is C20H16ClFN2O3S. The SMILES string of the molecule is Cc1ccccc1NC(=O)c1ccc(Cl)c(NS(=O)(=O)c2ccc(F)cc2)c1. The molecule has 0 aliphatic heterocycles. The van der Waals surface area contributed by atoms with Gasteiger partial charge < -0.3 is 5.32 Å². The molecule has 0 aliphatic carbocycles. The summed E-state index contributed by atoms with van der Waals surface area (Å²) in [6.07, 6.45) is 0. The lowest BCUT2D eigenvalue weighted by Crippen LogP contribution is -2.16. The maximum Gasteiger partial charge on any atom is 0.261 e. The van der Waals surface area contributed by atoms with Crippen LogP contribution in [0.4, 0.5) is 15.8 Å². The molecule has 3 aromatic carbocycles. The normalized spacial score (nSPS) is 11.1. The molecule has 0 heterocycles. The molecular weight excluding hydrogens is 403 g/mol. The molecule has 3 aromatic rings. The fourth-order valence-corrected chi connectivity index (χ4v) is 3.76. The molecule has 0 aromatic heterocycles. The molecule has 0 saturated heterocycles. The number of halogens is 2. The number of rotatable bonds is 5. The maximum absolute atomic E-state index is 13.0. The van der Waals surface area contributed by atoms with Crippen molar-refractivity contribution >= 4 is 38.9 Å². The Labute approximate surface area is 167 Å². The van der Waals surface area contributed by atoms with E-state index in [1.165, 1.54) is 18.2 Å². The van der Waals surface area contributed by atoms with Crippen molar-refractivity contribution in [3.8, 4) is 0 Å². The largest absolute Gasteiger partial charge is 0.322 e. The van der Waals surface area contributed by atoms with Gasteiger partial charge in [-0.1, -0.05) is 29.8 Å². The second kappa shape index (κ2) is 8.00. The predicted molar refractivity (Wildman–Crippen MR) is 108 cm³/mol. The van der Waals surface area contributed by atoms with Crippen LogP contribution in [0, 0.1) is 12.7 Å². The Bertz CT molecular complexity index is 1130. The van der Waals surface area contributed by atoms with Crippen LogP contribution in [0.25, 0.3) is 0 Å². The van der Waals surface area contributed by atoms with Crippen molar-refractivity contribution in [3.63, 3.8) is 0 Å². The lowest BCUT2D eigenvalue weighted by molar-refractivity contribution is 0.102. The highest BCUT2D eigenvalue weighted by molar-refractivity contribution is 7.92. The summed E-state index contributed by atoms with van der Waals surface area (Å²) in [5.41, 5.74) is 1.81. The summed E-state index contributed by atoms with van der Waals surface area (Å²) in [6.45, 7) is 1.86. The van der Waals surface area contributed by atoms with Crippen LogP contribution in [0.15, 0.2) is 71.6 Å². The monoisotopic (exact) mass is 418 g/mol. The van der Waals surface area contributed by atoms with E-state index in [2.05, 4.69) is 10.0 Å². The van der Waals surface area contributed by atoms with E-state index in [1.807, 2.05) is 19.1 Å². The van der Waals surface area contributed by atoms with Crippen LogP contribution in [-0.2, 0) is 10.0 Å². The maximum atomic E-state index is 13.0. The zero-order valence-corrected chi connectivity index (χ0v) is 16.3. The molecule has 28 heavy (non-hydrogen) atoms. The Morgan fingerprint density at radius 2 is 1.64 bits per heavy atom. The van der Waals surface area contributed by atoms with Crippen LogP contribution < -0.4 is 10.0 Å². The van der Waals surface area contributed by atoms with Crippen LogP contribution >= 0.6 is 11.6 Å². The molecule has 5 nitrogen and oxygen atoms in total. The second-order valence-electron chi connectivity index (χ2n) is 6.02. The minimum Gasteiger partial charge on any atom is -0.322 e. The number of benzene rings is 3. The number of para-hydroxylation sites is 1. The summed E-state index contributed by atoms with van der Waals surface area (Å²) in [5.74, 6) is -0.958. The standard InChI is InChI=1S/C20H16ClFN2O3S/c1-13-4-2-3-5-18(13)23-20(25)14-6-11-17(21)19(12-14)24-28(26,27)16-9-7-15(22)8-10-16/h2-12,24H,1H3,(H,23,25). The van der Waals surface area contributed by atoms with E-state index in [-0.39, 0.29) is 21.2 Å². The van der Waals surface area contributed by atoms with Gasteiger partial charge in [-0.25, -0.2) is 12.8 Å². The average molecular weight is 419 g/mol. The van der Waals surface area contributed by atoms with E-state index in [0.29, 0.717) is 5.69 Å². The molecule has 8 heteroatoms. The van der Waals surface area contributed by atoms with Crippen LogP contribution in [0.3, 0.4) is 0 Å². The van der Waals surface area contributed by atoms with Gasteiger partial charge >= 0.3 is 0 Å². The van der Waals surface area contributed by atoms with Crippen LogP contribution in [0.5, 0.6) is 0 Å². The summed E-state index contributed by atoms with van der Waals surface area (Å²) < 4.78 is 40.3. The molecule has 0 unspecified atom stereocenters. The number of carbonyl (C=O) groups is 1. The Morgan fingerprint density at radius 1 is 0.964 bits per heavy atom. The van der Waals surface area contributed by atoms with Gasteiger partial charge in [0.1, 0.15) is 5.82 Å². The van der Waals surface area contributed by atoms with Crippen molar-refractivity contribution in [2.75, 3.05) is 10.0 Å². The lowest BCUT2D eigenvalue weighted by atomic mass is 10.1. The quantitative estimate of drug-likeness (QED) is 0.622. The van der Waals surface area contributed by atoms with Crippen LogP contribution in [0.2, 0.25) is 5.02 Å². The first-order chi connectivity index (χ1) is 13.3. The first kappa shape index (κ1) is 19.9. The molecule has 0 fully saturated rings. The smallest absolute Gasteiger partial charge is 0.261 e. The van der Waals surface area contributed by atoms with E-state index >= 15 is 0 Å². The third-order valence-electron chi connectivity index (χ3n) is 3.99. The van der Waals surface area contributed by atoms with E-state index in [9.17, 15) is 17.6 Å². The van der Waals surface area contributed by atoms with Gasteiger partial charge in [0.2, 0.25) is 0 Å². The first-order valence-corrected chi connectivity index (χ1v) is 10.1. The molecule has 3 rings (SSSR count). The third-order valence-corrected chi connectivity index (χ3v) is 5.70. The summed E-state index contributed by atoms with van der Waals surface area (Å²) in [5, 5.41) is 2.90. The summed E-state index contributed by atoms with van der Waals surface area (Å²) in [6, 6.07) is 15.9. The van der Waals surface area contributed by atoms with E-state index in [1.54, 1.807) is 12.1 Å². The van der Waals surface area contributed by atoms with Crippen molar-refractivity contribution in [3.05, 3.63) is 88.7 Å². The molecule has 144 valence electrons. The number of aryl methyl sites for hydroxylation is 1. The molecule has 0 bridgehead atoms. The zero-order chi connectivity index (χ0) is 20.3. The van der Waals surface area contributed by atoms with Gasteiger partial charge in [0, 0.05) is 11.3 Å². The van der Waals surface area contributed by atoms with Crippen molar-refractivity contribution in [1.82, 2.24) is 0 Å². The minimum atomic E-state index is -3.99. The average Bonchev–Trinajstić information content (AvgIpc) is 2.65. The van der Waals surface area contributed by atoms with Gasteiger partial charge in [-0.05, 0) is 61.0 Å². The number of sulfonamides is 1. The highest BCUT2D eigenvalue weighted by Crippen LogP contribution is 2.26. The molecule has 0 saturated carbocycles. The fraction of sp³-hybridized carbons (Fsp3) is 0.0500. The number of anilines is 2. The Morgan fingerprint density at radius 3 is 2.32 bits per heavy atom. The highest BCUT2D eigenvalue weighted by Gasteiger charge is 2.17. The van der Waals surface area contributed by atoms with Gasteiger partial charge in [0.05, 0.1) is 15.6 Å². The van der Waals surface area contributed by atoms with Gasteiger partial charge in [0.25, 0.3) is 15.9 Å². The molecule has 2 N–H and O–H groups in total. The topological polar surface area (TPSA) is 75.3 Å². The Kier molecular flexibility index (Phi) is 5.67. The van der Waals surface area contributed by atoms with Gasteiger partial charge in [-0.2, -0.15) is 0 Å². The number of nitrogens with one attached hydrogen (secondary N) is 2. The van der Waals surface area contributed by atoms with Crippen molar-refractivity contribution in [2.24, 2.45) is 0 Å². The Hall–Kier alpha value is -2.90. The predicted octanol–water partition coefficient (Wildman–Crippen LogP) is 4.84. The summed E-state index contributed by atoms with van der Waals surface area (Å²) in [4.78, 5) is 12.4. The number of hydrogen-bond acceptors (Lipinski definition) is 3. The third kappa shape index (κ3) is 4.49. The van der Waals surface area contributed by atoms with Crippen LogP contribution in [-0.4, -0.2) is 14.3 Å². The Balaban J connectivity index is 1.86. The van der Waals surface area contributed by atoms with E-state index in [0.717, 1.165) is 29.8 Å². The molecule has 0 atom stereocenters. The number of carbonyl (C=O) groups excluding carboxylic acids is 1. The summed E-state index contributed by atoms with van der Waals surface area (Å²) in [7, 11) is -3.99. The zero-order valence-electron chi connectivity index (χ0n) is 14.7. The second-order valence-corrected chi connectivity index (χ2v) is 8.11. The lowest BCUT2D eigenvalue weighted by Gasteiger charge is -2.12. The van der Waals surface area contributed by atoms with Gasteiger partial charge in [-0.15, -0.1) is 0 Å². The molecule has 0 spiro atoms.